The zero-order valence-electron chi connectivity index (χ0n) is 49.9. The lowest BCUT2D eigenvalue weighted by Gasteiger charge is -2.24. The highest BCUT2D eigenvalue weighted by atomic mass is 16.5. The summed E-state index contributed by atoms with van der Waals surface area (Å²) in [7, 11) is 0. The summed E-state index contributed by atoms with van der Waals surface area (Å²) >= 11 is 0. The standard InChI is InChI=1S/C72H72O18/c1-7-13-43-19-49-31-51-21-44(14-8-2)23-53(68(51)86-38-62(75)76)33-55-25-46(16-10-4)27-57(70(55)88-40-64(79)80)35-59-29-48(18-12-6)30-60(72(59)90-42-66(83)84)36-58-28-47(17-11-5)26-56(71(58)89-41-65(81)82)34-54-24-45(15-9-3)22-52(69(54)87-39-63(77)78)32-50(20-43)67(49)85-37-61(73)74/h7-12,19-30H,1-6,13-18,31-42H2,(H,73,74)(H,75,76)(H,77,78)(H,79,80)(H,81,82)(H,83,84). The van der Waals surface area contributed by atoms with Gasteiger partial charge in [-0.15, -0.1) is 39.5 Å². The molecule has 0 saturated heterocycles. The molecule has 0 fully saturated rings. The number of hydrogen-bond acceptors (Lipinski definition) is 12. The Bertz CT molecular complexity index is 3020. The summed E-state index contributed by atoms with van der Waals surface area (Å²) in [4.78, 5) is 75.3. The maximum absolute atomic E-state index is 12.5. The number of aliphatic carboxylic acids is 6. The van der Waals surface area contributed by atoms with E-state index in [4.69, 9.17) is 28.4 Å². The van der Waals surface area contributed by atoms with Gasteiger partial charge in [-0.05, 0) is 139 Å². The molecule has 0 radical (unpaired) electrons. The Labute approximate surface area is 521 Å². The van der Waals surface area contributed by atoms with Crippen LogP contribution >= 0.6 is 0 Å². The molecular formula is C72H72O18. The smallest absolute Gasteiger partial charge is 0.341 e. The third-order valence-corrected chi connectivity index (χ3v) is 14.4. The highest BCUT2D eigenvalue weighted by molar-refractivity contribution is 5.72. The maximum Gasteiger partial charge on any atom is 0.341 e. The average molecular weight is 1230 g/mol. The second-order valence-electron chi connectivity index (χ2n) is 21.6. The molecule has 0 spiro atoms. The van der Waals surface area contributed by atoms with Gasteiger partial charge in [0, 0.05) is 38.5 Å². The monoisotopic (exact) mass is 1220 g/mol. The Kier molecular flexibility index (Phi) is 23.7. The second kappa shape index (κ2) is 31.9. The highest BCUT2D eigenvalue weighted by Gasteiger charge is 2.27. The van der Waals surface area contributed by atoms with Gasteiger partial charge in [0.2, 0.25) is 0 Å². The van der Waals surface area contributed by atoms with Crippen LogP contribution in [0.5, 0.6) is 34.5 Å². The van der Waals surface area contributed by atoms with Crippen molar-refractivity contribution >= 4 is 35.8 Å². The van der Waals surface area contributed by atoms with Crippen LogP contribution < -0.4 is 28.4 Å². The van der Waals surface area contributed by atoms with Gasteiger partial charge in [0.1, 0.15) is 34.5 Å². The molecule has 12 bridgehead atoms. The zero-order valence-corrected chi connectivity index (χ0v) is 49.9. The van der Waals surface area contributed by atoms with Crippen molar-refractivity contribution in [2.75, 3.05) is 39.6 Å². The summed E-state index contributed by atoms with van der Waals surface area (Å²) in [5.41, 5.74) is 9.64. The van der Waals surface area contributed by atoms with Crippen molar-refractivity contribution in [3.8, 4) is 34.5 Å². The number of carboxylic acids is 6. The lowest BCUT2D eigenvalue weighted by molar-refractivity contribution is -0.140. The Morgan fingerprint density at radius 1 is 0.256 bits per heavy atom. The molecule has 7 rings (SSSR count). The van der Waals surface area contributed by atoms with E-state index in [-0.39, 0.29) is 73.0 Å². The quantitative estimate of drug-likeness (QED) is 0.0228. The van der Waals surface area contributed by atoms with Crippen molar-refractivity contribution < 1.29 is 87.8 Å². The van der Waals surface area contributed by atoms with E-state index >= 15 is 0 Å². The first-order valence-electron chi connectivity index (χ1n) is 28.8. The molecule has 6 aromatic rings. The van der Waals surface area contributed by atoms with E-state index in [0.29, 0.717) is 139 Å². The lowest BCUT2D eigenvalue weighted by Crippen LogP contribution is -2.16. The summed E-state index contributed by atoms with van der Waals surface area (Å²) < 4.78 is 37.9. The molecule has 0 unspecified atom stereocenters. The molecule has 0 aliphatic heterocycles. The van der Waals surface area contributed by atoms with Crippen molar-refractivity contribution in [2.24, 2.45) is 0 Å². The maximum atomic E-state index is 12.5. The first-order valence-corrected chi connectivity index (χ1v) is 28.8. The molecule has 1 aliphatic rings. The van der Waals surface area contributed by atoms with Gasteiger partial charge in [-0.2, -0.15) is 0 Å². The zero-order chi connectivity index (χ0) is 65.0. The van der Waals surface area contributed by atoms with Gasteiger partial charge in [-0.3, -0.25) is 0 Å². The number of carboxylic acid groups (broad SMARTS) is 6. The molecule has 1 aliphatic carbocycles. The van der Waals surface area contributed by atoms with Crippen molar-refractivity contribution in [1.82, 2.24) is 0 Å². The summed E-state index contributed by atoms with van der Waals surface area (Å²) in [6.45, 7) is 19.2. The summed E-state index contributed by atoms with van der Waals surface area (Å²) in [5, 5.41) is 61.4. The minimum absolute atomic E-state index is 0.0564. The fraction of sp³-hybridized carbons (Fsp3) is 0.250. The van der Waals surface area contributed by atoms with E-state index in [1.54, 1.807) is 36.5 Å². The molecule has 90 heavy (non-hydrogen) atoms. The fourth-order valence-electron chi connectivity index (χ4n) is 11.4. The number of rotatable bonds is 30. The van der Waals surface area contributed by atoms with Gasteiger partial charge in [0.05, 0.1) is 0 Å². The van der Waals surface area contributed by atoms with E-state index < -0.39 is 75.5 Å². The SMILES string of the molecule is C=CCc1cc2c(OCC(=O)O)c(c1)Cc1cc(CC=C)cc(c1OCC(=O)O)Cc1cc(CC=C)cc(c1OCC(=O)O)Cc1cc(CC=C)cc(c1OCC(=O)O)Cc1cc(CC=C)cc(c1OCC(=O)O)Cc1cc(CC=C)cc(c1OCC(=O)O)C2. The molecule has 18 heteroatoms. The van der Waals surface area contributed by atoms with Crippen molar-refractivity contribution in [3.05, 3.63) is 249 Å². The van der Waals surface area contributed by atoms with E-state index in [9.17, 15) is 59.4 Å². The first kappa shape index (κ1) is 66.9. The molecule has 6 aromatic carbocycles. The Balaban J connectivity index is 1.70. The van der Waals surface area contributed by atoms with Crippen LogP contribution in [-0.2, 0) is 106 Å². The van der Waals surface area contributed by atoms with Gasteiger partial charge in [0.15, 0.2) is 39.6 Å². The number of carbonyl (C=O) groups is 6. The van der Waals surface area contributed by atoms with Crippen LogP contribution in [0, 0.1) is 0 Å². The van der Waals surface area contributed by atoms with E-state index in [1.165, 1.54) is 0 Å². The number of allylic oxidation sites excluding steroid dienone is 6. The fourth-order valence-corrected chi connectivity index (χ4v) is 11.4. The molecule has 0 atom stereocenters. The van der Waals surface area contributed by atoms with Gasteiger partial charge < -0.3 is 59.1 Å². The first-order chi connectivity index (χ1) is 43.2. The molecular weight excluding hydrogens is 1150 g/mol. The average Bonchev–Trinajstić information content (AvgIpc) is 1.97. The molecule has 0 amide bonds. The van der Waals surface area contributed by atoms with Crippen LogP contribution in [0.2, 0.25) is 0 Å². The van der Waals surface area contributed by atoms with E-state index in [2.05, 4.69) is 39.5 Å². The molecule has 0 aromatic heterocycles. The normalized spacial score (nSPS) is 11.7. The number of ether oxygens (including phenoxy) is 6. The van der Waals surface area contributed by atoms with Gasteiger partial charge in [-0.1, -0.05) is 109 Å². The van der Waals surface area contributed by atoms with Gasteiger partial charge >= 0.3 is 35.8 Å². The Morgan fingerprint density at radius 2 is 0.367 bits per heavy atom. The van der Waals surface area contributed by atoms with Gasteiger partial charge in [0.25, 0.3) is 0 Å². The summed E-state index contributed by atoms with van der Waals surface area (Å²) in [6.07, 6.45) is 11.6. The summed E-state index contributed by atoms with van der Waals surface area (Å²) in [5.74, 6) is -6.93. The lowest BCUT2D eigenvalue weighted by atomic mass is 9.87. The largest absolute Gasteiger partial charge is 0.481 e. The third kappa shape index (κ3) is 18.2. The second-order valence-corrected chi connectivity index (χ2v) is 21.6. The topological polar surface area (TPSA) is 279 Å². The third-order valence-electron chi connectivity index (χ3n) is 14.4. The highest BCUT2D eigenvalue weighted by Crippen LogP contribution is 2.43. The van der Waals surface area contributed by atoms with Crippen LogP contribution in [0.4, 0.5) is 0 Å². The number of hydrogen-bond donors (Lipinski definition) is 6. The van der Waals surface area contributed by atoms with Crippen LogP contribution in [0.25, 0.3) is 0 Å². The van der Waals surface area contributed by atoms with Crippen LogP contribution in [0.1, 0.15) is 100 Å². The minimum Gasteiger partial charge on any atom is -0.481 e. The Morgan fingerprint density at radius 3 is 0.456 bits per heavy atom. The molecule has 468 valence electrons. The molecule has 18 nitrogen and oxygen atoms in total. The van der Waals surface area contributed by atoms with Crippen LogP contribution in [0.15, 0.2) is 149 Å². The minimum atomic E-state index is -1.30. The van der Waals surface area contributed by atoms with Crippen LogP contribution in [-0.4, -0.2) is 106 Å². The van der Waals surface area contributed by atoms with Crippen molar-refractivity contribution in [2.45, 2.75) is 77.0 Å². The van der Waals surface area contributed by atoms with Crippen molar-refractivity contribution in [3.63, 3.8) is 0 Å². The van der Waals surface area contributed by atoms with Crippen LogP contribution in [0.3, 0.4) is 0 Å². The summed E-state index contributed by atoms with van der Waals surface area (Å²) in [6, 6.07) is 21.9. The predicted molar refractivity (Wildman–Crippen MR) is 338 cm³/mol. The van der Waals surface area contributed by atoms with Crippen molar-refractivity contribution in [1.29, 1.82) is 0 Å². The predicted octanol–water partition coefficient (Wildman–Crippen LogP) is 10.7. The van der Waals surface area contributed by atoms with Gasteiger partial charge in [-0.25, -0.2) is 28.8 Å². The molecule has 6 N–H and O–H groups in total. The molecule has 0 saturated carbocycles. The number of fused-ring (bicyclic) bond motifs is 12. The van der Waals surface area contributed by atoms with E-state index in [0.717, 1.165) is 0 Å². The van der Waals surface area contributed by atoms with E-state index in [1.807, 2.05) is 72.8 Å². The molecule has 0 heterocycles. The number of benzene rings is 6. The Hall–Kier alpha value is -10.6.